The molecule has 0 saturated carbocycles. The molecule has 0 spiro atoms. The molecule has 1 aliphatic heterocycles. The quantitative estimate of drug-likeness (QED) is 0.644. The summed E-state index contributed by atoms with van der Waals surface area (Å²) >= 11 is 0. The summed E-state index contributed by atoms with van der Waals surface area (Å²) in [6.07, 6.45) is 4.71. The number of hydrogen-bond acceptors (Lipinski definition) is 6. The summed E-state index contributed by atoms with van der Waals surface area (Å²) in [6, 6.07) is 5.96. The molecule has 1 fully saturated rings. The molecule has 3 aromatic heterocycles. The first-order valence-electron chi connectivity index (χ1n) is 9.32. The lowest BCUT2D eigenvalue weighted by atomic mass is 10.1. The molecule has 0 bridgehead atoms. The predicted molar refractivity (Wildman–Crippen MR) is 103 cm³/mol. The number of piperazine rings is 1. The van der Waals surface area contributed by atoms with E-state index in [1.54, 1.807) is 17.9 Å². The largest absolute Gasteiger partial charge is 0.336 e. The standard InChI is InChI=1S/C19H23N7O2/c1-14-10-24(11-15-5-3-4-6-20-15)7-8-26(14)17(27)12-25-13-21-18-16(19(25)28)9-22-23(18)2/h3-6,9,13-14H,7-8,10-12H2,1-2H3. The van der Waals surface area contributed by atoms with Gasteiger partial charge in [0.05, 0.1) is 11.9 Å². The van der Waals surface area contributed by atoms with Crippen LogP contribution in [0.3, 0.4) is 0 Å². The summed E-state index contributed by atoms with van der Waals surface area (Å²) in [5, 5.41) is 4.48. The maximum absolute atomic E-state index is 12.8. The molecule has 146 valence electrons. The minimum absolute atomic E-state index is 0.0127. The van der Waals surface area contributed by atoms with Gasteiger partial charge in [-0.3, -0.25) is 28.7 Å². The maximum Gasteiger partial charge on any atom is 0.264 e. The van der Waals surface area contributed by atoms with E-state index in [9.17, 15) is 9.59 Å². The molecule has 1 aliphatic rings. The lowest BCUT2D eigenvalue weighted by Gasteiger charge is -2.39. The van der Waals surface area contributed by atoms with Crippen molar-refractivity contribution in [1.82, 2.24) is 34.1 Å². The van der Waals surface area contributed by atoms with Crippen molar-refractivity contribution in [3.8, 4) is 0 Å². The van der Waals surface area contributed by atoms with Crippen LogP contribution in [0.5, 0.6) is 0 Å². The molecule has 9 nitrogen and oxygen atoms in total. The van der Waals surface area contributed by atoms with E-state index >= 15 is 0 Å². The van der Waals surface area contributed by atoms with Gasteiger partial charge in [0.15, 0.2) is 5.65 Å². The van der Waals surface area contributed by atoms with Gasteiger partial charge in [0.2, 0.25) is 5.91 Å². The van der Waals surface area contributed by atoms with E-state index in [1.165, 1.54) is 17.1 Å². The van der Waals surface area contributed by atoms with Gasteiger partial charge in [-0.1, -0.05) is 6.07 Å². The molecule has 0 radical (unpaired) electrons. The van der Waals surface area contributed by atoms with Crippen LogP contribution in [0.15, 0.2) is 41.7 Å². The Morgan fingerprint density at radius 2 is 2.11 bits per heavy atom. The minimum Gasteiger partial charge on any atom is -0.336 e. The number of pyridine rings is 1. The van der Waals surface area contributed by atoms with Gasteiger partial charge in [-0.2, -0.15) is 5.10 Å². The Morgan fingerprint density at radius 1 is 1.25 bits per heavy atom. The molecule has 4 heterocycles. The molecule has 1 saturated heterocycles. The van der Waals surface area contributed by atoms with Crippen LogP contribution in [0.1, 0.15) is 12.6 Å². The number of carbonyl (C=O) groups is 1. The Balaban J connectivity index is 1.42. The second-order valence-electron chi connectivity index (χ2n) is 7.18. The molecule has 3 aromatic rings. The van der Waals surface area contributed by atoms with Gasteiger partial charge in [0.25, 0.3) is 5.56 Å². The van der Waals surface area contributed by atoms with Gasteiger partial charge in [-0.25, -0.2) is 4.98 Å². The van der Waals surface area contributed by atoms with Crippen molar-refractivity contribution in [2.45, 2.75) is 26.1 Å². The average molecular weight is 381 g/mol. The molecule has 1 unspecified atom stereocenters. The molecule has 28 heavy (non-hydrogen) atoms. The van der Waals surface area contributed by atoms with Crippen LogP contribution in [0.2, 0.25) is 0 Å². The summed E-state index contributed by atoms with van der Waals surface area (Å²) < 4.78 is 2.91. The van der Waals surface area contributed by atoms with Crippen molar-refractivity contribution >= 4 is 16.9 Å². The van der Waals surface area contributed by atoms with Gasteiger partial charge >= 0.3 is 0 Å². The Morgan fingerprint density at radius 3 is 2.86 bits per heavy atom. The predicted octanol–water partition coefficient (Wildman–Crippen LogP) is 0.258. The first-order valence-corrected chi connectivity index (χ1v) is 9.32. The number of nitrogens with zero attached hydrogens (tertiary/aromatic N) is 7. The van der Waals surface area contributed by atoms with Crippen molar-refractivity contribution in [1.29, 1.82) is 0 Å². The first kappa shape index (κ1) is 18.3. The third-order valence-corrected chi connectivity index (χ3v) is 5.17. The molecule has 1 amide bonds. The lowest BCUT2D eigenvalue weighted by Crippen LogP contribution is -2.54. The van der Waals surface area contributed by atoms with E-state index in [0.29, 0.717) is 17.6 Å². The van der Waals surface area contributed by atoms with Gasteiger partial charge in [0.1, 0.15) is 18.3 Å². The Hall–Kier alpha value is -3.07. The molecule has 4 rings (SSSR count). The number of aryl methyl sites for hydroxylation is 1. The molecular weight excluding hydrogens is 358 g/mol. The van der Waals surface area contributed by atoms with Gasteiger partial charge in [0, 0.05) is 45.5 Å². The van der Waals surface area contributed by atoms with E-state index < -0.39 is 0 Å². The highest BCUT2D eigenvalue weighted by molar-refractivity contribution is 5.77. The lowest BCUT2D eigenvalue weighted by molar-refractivity contribution is -0.136. The fraction of sp³-hybridized carbons (Fsp3) is 0.421. The van der Waals surface area contributed by atoms with E-state index in [1.807, 2.05) is 30.0 Å². The van der Waals surface area contributed by atoms with Gasteiger partial charge < -0.3 is 4.90 Å². The Bertz CT molecular complexity index is 1040. The topological polar surface area (TPSA) is 89.2 Å². The third-order valence-electron chi connectivity index (χ3n) is 5.17. The van der Waals surface area contributed by atoms with Crippen molar-refractivity contribution in [2.24, 2.45) is 7.05 Å². The Labute approximate surface area is 162 Å². The molecule has 0 aromatic carbocycles. The fourth-order valence-corrected chi connectivity index (χ4v) is 3.68. The Kier molecular flexibility index (Phi) is 4.91. The second-order valence-corrected chi connectivity index (χ2v) is 7.18. The zero-order valence-corrected chi connectivity index (χ0v) is 16.0. The van der Waals surface area contributed by atoms with E-state index in [2.05, 4.69) is 20.0 Å². The highest BCUT2D eigenvalue weighted by Gasteiger charge is 2.28. The summed E-state index contributed by atoms with van der Waals surface area (Å²) in [7, 11) is 1.73. The van der Waals surface area contributed by atoms with Crippen LogP contribution < -0.4 is 5.56 Å². The van der Waals surface area contributed by atoms with Crippen LogP contribution in [0.4, 0.5) is 0 Å². The second kappa shape index (κ2) is 7.51. The summed E-state index contributed by atoms with van der Waals surface area (Å²) in [6.45, 7) is 4.98. The summed E-state index contributed by atoms with van der Waals surface area (Å²) in [5.74, 6) is -0.0721. The summed E-state index contributed by atoms with van der Waals surface area (Å²) in [5.41, 5.74) is 1.30. The SMILES string of the molecule is CC1CN(Cc2ccccn2)CCN1C(=O)Cn1cnc2c(cnn2C)c1=O. The maximum atomic E-state index is 12.8. The smallest absolute Gasteiger partial charge is 0.264 e. The summed E-state index contributed by atoms with van der Waals surface area (Å²) in [4.78, 5) is 38.2. The van der Waals surface area contributed by atoms with Gasteiger partial charge in [-0.15, -0.1) is 0 Å². The minimum atomic E-state index is -0.243. The fourth-order valence-electron chi connectivity index (χ4n) is 3.68. The number of aromatic nitrogens is 5. The van der Waals surface area contributed by atoms with Crippen LogP contribution in [0.25, 0.3) is 11.0 Å². The van der Waals surface area contributed by atoms with Crippen LogP contribution in [0, 0.1) is 0 Å². The number of amides is 1. The van der Waals surface area contributed by atoms with Crippen LogP contribution in [-0.2, 0) is 24.9 Å². The first-order chi connectivity index (χ1) is 13.5. The van der Waals surface area contributed by atoms with E-state index in [0.717, 1.165) is 25.3 Å². The monoisotopic (exact) mass is 381 g/mol. The number of hydrogen-bond donors (Lipinski definition) is 0. The number of rotatable bonds is 4. The zero-order valence-electron chi connectivity index (χ0n) is 16.0. The van der Waals surface area contributed by atoms with E-state index in [4.69, 9.17) is 0 Å². The molecule has 9 heteroatoms. The van der Waals surface area contributed by atoms with Gasteiger partial charge in [-0.05, 0) is 19.1 Å². The zero-order chi connectivity index (χ0) is 19.7. The van der Waals surface area contributed by atoms with Crippen molar-refractivity contribution in [3.63, 3.8) is 0 Å². The van der Waals surface area contributed by atoms with E-state index in [-0.39, 0.29) is 24.1 Å². The molecule has 1 atom stereocenters. The molecule has 0 N–H and O–H groups in total. The van der Waals surface area contributed by atoms with Crippen molar-refractivity contribution in [3.05, 3.63) is 53.0 Å². The molecular formula is C19H23N7O2. The third kappa shape index (κ3) is 3.53. The normalized spacial score (nSPS) is 17.9. The number of carbonyl (C=O) groups excluding carboxylic acids is 1. The highest BCUT2D eigenvalue weighted by Crippen LogP contribution is 2.13. The van der Waals surface area contributed by atoms with Crippen molar-refractivity contribution in [2.75, 3.05) is 19.6 Å². The molecule has 0 aliphatic carbocycles. The average Bonchev–Trinajstić information content (AvgIpc) is 3.06. The van der Waals surface area contributed by atoms with Crippen molar-refractivity contribution < 1.29 is 4.79 Å². The van der Waals surface area contributed by atoms with Crippen LogP contribution in [-0.4, -0.2) is 65.7 Å². The highest BCUT2D eigenvalue weighted by atomic mass is 16.2. The number of fused-ring (bicyclic) bond motifs is 1. The van der Waals surface area contributed by atoms with Crippen LogP contribution >= 0.6 is 0 Å².